The Kier molecular flexibility index (Phi) is 5.30. The molecule has 0 aliphatic heterocycles. The first-order valence-electron chi connectivity index (χ1n) is 6.73. The molecular formula is C16H14N4O3. The number of allylic oxidation sites excluding steroid dienone is 1. The highest BCUT2D eigenvalue weighted by atomic mass is 16.6. The number of nitrogens with zero attached hydrogens (tertiary/aromatic N) is 3. The summed E-state index contributed by atoms with van der Waals surface area (Å²) in [6, 6.07) is 9.50. The largest absolute Gasteiger partial charge is 0.272 e. The van der Waals surface area contributed by atoms with Gasteiger partial charge in [-0.3, -0.25) is 19.9 Å². The van der Waals surface area contributed by atoms with Crippen molar-refractivity contribution in [3.05, 3.63) is 75.6 Å². The fourth-order valence-corrected chi connectivity index (χ4v) is 1.67. The lowest BCUT2D eigenvalue weighted by Crippen LogP contribution is -2.17. The van der Waals surface area contributed by atoms with Gasteiger partial charge >= 0.3 is 0 Å². The van der Waals surface area contributed by atoms with Crippen LogP contribution in [0.25, 0.3) is 6.08 Å². The van der Waals surface area contributed by atoms with E-state index in [-0.39, 0.29) is 11.6 Å². The van der Waals surface area contributed by atoms with Gasteiger partial charge in [-0.2, -0.15) is 5.10 Å². The lowest BCUT2D eigenvalue weighted by atomic mass is 10.2. The van der Waals surface area contributed by atoms with E-state index in [1.807, 2.05) is 6.92 Å². The first-order valence-corrected chi connectivity index (χ1v) is 6.73. The Balaban J connectivity index is 1.87. The number of nitro groups is 1. The third-order valence-electron chi connectivity index (χ3n) is 2.89. The van der Waals surface area contributed by atoms with E-state index in [1.165, 1.54) is 24.5 Å². The van der Waals surface area contributed by atoms with Crippen LogP contribution < -0.4 is 5.43 Å². The summed E-state index contributed by atoms with van der Waals surface area (Å²) >= 11 is 0. The van der Waals surface area contributed by atoms with Gasteiger partial charge in [0.15, 0.2) is 0 Å². The van der Waals surface area contributed by atoms with E-state index in [0.29, 0.717) is 5.56 Å². The van der Waals surface area contributed by atoms with E-state index in [0.717, 1.165) is 11.3 Å². The minimum absolute atomic E-state index is 0.0368. The van der Waals surface area contributed by atoms with Crippen molar-refractivity contribution in [2.75, 3.05) is 0 Å². The third kappa shape index (κ3) is 4.85. The number of nitrogens with one attached hydrogen (secondary N) is 1. The number of hydrogen-bond donors (Lipinski definition) is 1. The molecule has 2 rings (SSSR count). The lowest BCUT2D eigenvalue weighted by molar-refractivity contribution is -0.384. The molecule has 23 heavy (non-hydrogen) atoms. The van der Waals surface area contributed by atoms with E-state index in [9.17, 15) is 14.9 Å². The van der Waals surface area contributed by atoms with Gasteiger partial charge in [0, 0.05) is 30.2 Å². The van der Waals surface area contributed by atoms with Gasteiger partial charge < -0.3 is 0 Å². The number of aromatic nitrogens is 1. The van der Waals surface area contributed by atoms with Crippen molar-refractivity contribution in [1.82, 2.24) is 10.4 Å². The number of carbonyl (C=O) groups is 1. The molecule has 1 N–H and O–H groups in total. The SMILES string of the molecule is Cc1ccc(C(=O)N/N=C\C=C\c2ccc([N+](=O)[O-])cc2)cn1. The Morgan fingerprint density at radius 2 is 2.00 bits per heavy atom. The molecule has 0 atom stereocenters. The Morgan fingerprint density at radius 3 is 2.61 bits per heavy atom. The summed E-state index contributed by atoms with van der Waals surface area (Å²) < 4.78 is 0. The number of nitro benzene ring substituents is 1. The fourth-order valence-electron chi connectivity index (χ4n) is 1.67. The van der Waals surface area contributed by atoms with E-state index >= 15 is 0 Å². The highest BCUT2D eigenvalue weighted by Crippen LogP contribution is 2.12. The number of hydrazone groups is 1. The molecule has 7 heteroatoms. The van der Waals surface area contributed by atoms with Gasteiger partial charge in [-0.25, -0.2) is 5.43 Å². The third-order valence-corrected chi connectivity index (χ3v) is 2.89. The molecule has 0 unspecified atom stereocenters. The molecule has 0 aliphatic carbocycles. The average Bonchev–Trinajstić information content (AvgIpc) is 2.55. The molecule has 0 fully saturated rings. The molecule has 1 heterocycles. The number of carbonyl (C=O) groups excluding carboxylic acids is 1. The first-order chi connectivity index (χ1) is 11.1. The second kappa shape index (κ2) is 7.60. The number of benzene rings is 1. The molecular weight excluding hydrogens is 296 g/mol. The Hall–Kier alpha value is -3.35. The summed E-state index contributed by atoms with van der Waals surface area (Å²) in [5.74, 6) is -0.350. The van der Waals surface area contributed by atoms with E-state index < -0.39 is 4.92 Å². The molecule has 0 aliphatic rings. The van der Waals surface area contributed by atoms with E-state index in [2.05, 4.69) is 15.5 Å². The minimum atomic E-state index is -0.454. The van der Waals surface area contributed by atoms with Gasteiger partial charge in [0.1, 0.15) is 0 Å². The number of pyridine rings is 1. The molecule has 0 saturated heterocycles. The van der Waals surface area contributed by atoms with E-state index in [1.54, 1.807) is 36.4 Å². The predicted octanol–water partition coefficient (Wildman–Crippen LogP) is 2.73. The molecule has 0 bridgehead atoms. The first kappa shape index (κ1) is 16.0. The summed E-state index contributed by atoms with van der Waals surface area (Å²) in [6.45, 7) is 1.84. The van der Waals surface area contributed by atoms with Crippen LogP contribution in [0.5, 0.6) is 0 Å². The minimum Gasteiger partial charge on any atom is -0.267 e. The van der Waals surface area contributed by atoms with Crippen molar-refractivity contribution < 1.29 is 9.72 Å². The zero-order valence-corrected chi connectivity index (χ0v) is 12.3. The number of non-ortho nitro benzene ring substituents is 1. The Labute approximate surface area is 132 Å². The second-order valence-corrected chi connectivity index (χ2v) is 4.62. The summed E-state index contributed by atoms with van der Waals surface area (Å²) in [6.07, 6.45) is 6.23. The van der Waals surface area contributed by atoms with Gasteiger partial charge in [-0.15, -0.1) is 0 Å². The molecule has 1 amide bonds. The van der Waals surface area contributed by atoms with Crippen LogP contribution in [0.1, 0.15) is 21.6 Å². The maximum absolute atomic E-state index is 11.7. The quantitative estimate of drug-likeness (QED) is 0.521. The van der Waals surface area contributed by atoms with Crippen LogP contribution in [0, 0.1) is 17.0 Å². The highest BCUT2D eigenvalue weighted by Gasteiger charge is 2.03. The van der Waals surface area contributed by atoms with Crippen LogP contribution >= 0.6 is 0 Å². The Bertz CT molecular complexity index is 750. The zero-order chi connectivity index (χ0) is 16.7. The van der Waals surface area contributed by atoms with Crippen LogP contribution in [0.15, 0.2) is 53.8 Å². The van der Waals surface area contributed by atoms with Gasteiger partial charge in [-0.1, -0.05) is 6.08 Å². The molecule has 0 radical (unpaired) electrons. The summed E-state index contributed by atoms with van der Waals surface area (Å²) in [4.78, 5) is 25.8. The van der Waals surface area contributed by atoms with Crippen molar-refractivity contribution in [2.45, 2.75) is 6.92 Å². The molecule has 116 valence electrons. The smallest absolute Gasteiger partial charge is 0.267 e. The molecule has 1 aromatic heterocycles. The molecule has 7 nitrogen and oxygen atoms in total. The second-order valence-electron chi connectivity index (χ2n) is 4.62. The number of aryl methyl sites for hydroxylation is 1. The van der Waals surface area contributed by atoms with Gasteiger partial charge in [0.25, 0.3) is 11.6 Å². The van der Waals surface area contributed by atoms with Crippen molar-refractivity contribution in [3.63, 3.8) is 0 Å². The van der Waals surface area contributed by atoms with Crippen molar-refractivity contribution in [1.29, 1.82) is 0 Å². The van der Waals surface area contributed by atoms with Crippen LogP contribution in [0.4, 0.5) is 5.69 Å². The van der Waals surface area contributed by atoms with Crippen molar-refractivity contribution >= 4 is 23.9 Å². The van der Waals surface area contributed by atoms with Crippen LogP contribution in [-0.4, -0.2) is 22.0 Å². The van der Waals surface area contributed by atoms with Crippen LogP contribution in [-0.2, 0) is 0 Å². The fraction of sp³-hybridized carbons (Fsp3) is 0.0625. The summed E-state index contributed by atoms with van der Waals surface area (Å²) in [5, 5.41) is 14.3. The molecule has 2 aromatic rings. The normalized spacial score (nSPS) is 11.0. The molecule has 0 spiro atoms. The highest BCUT2D eigenvalue weighted by molar-refractivity contribution is 5.94. The average molecular weight is 310 g/mol. The number of rotatable bonds is 5. The van der Waals surface area contributed by atoms with Crippen LogP contribution in [0.3, 0.4) is 0 Å². The molecule has 1 aromatic carbocycles. The summed E-state index contributed by atoms with van der Waals surface area (Å²) in [7, 11) is 0. The lowest BCUT2D eigenvalue weighted by Gasteiger charge is -1.98. The topological polar surface area (TPSA) is 97.5 Å². The van der Waals surface area contributed by atoms with Gasteiger partial charge in [-0.05, 0) is 42.8 Å². The summed E-state index contributed by atoms with van der Waals surface area (Å²) in [5.41, 5.74) is 4.46. The maximum Gasteiger partial charge on any atom is 0.272 e. The predicted molar refractivity (Wildman–Crippen MR) is 87.1 cm³/mol. The van der Waals surface area contributed by atoms with Crippen LogP contribution in [0.2, 0.25) is 0 Å². The van der Waals surface area contributed by atoms with Crippen molar-refractivity contribution in [2.24, 2.45) is 5.10 Å². The molecule has 0 saturated carbocycles. The standard InChI is InChI=1S/C16H14N4O3/c1-12-4-7-14(11-17-12)16(21)19-18-10-2-3-13-5-8-15(9-6-13)20(22)23/h2-11H,1H3,(H,19,21)/b3-2+,18-10-. The monoisotopic (exact) mass is 310 g/mol. The van der Waals surface area contributed by atoms with E-state index in [4.69, 9.17) is 0 Å². The number of amides is 1. The van der Waals surface area contributed by atoms with Gasteiger partial charge in [0.2, 0.25) is 0 Å². The Morgan fingerprint density at radius 1 is 1.26 bits per heavy atom. The maximum atomic E-state index is 11.7. The zero-order valence-electron chi connectivity index (χ0n) is 12.3. The number of hydrogen-bond acceptors (Lipinski definition) is 5. The van der Waals surface area contributed by atoms with Crippen molar-refractivity contribution in [3.8, 4) is 0 Å². The van der Waals surface area contributed by atoms with Gasteiger partial charge in [0.05, 0.1) is 10.5 Å².